The fourth-order valence-corrected chi connectivity index (χ4v) is 3.67. The van der Waals surface area contributed by atoms with Crippen LogP contribution in [0.3, 0.4) is 0 Å². The van der Waals surface area contributed by atoms with Crippen LogP contribution in [0.2, 0.25) is 0 Å². The van der Waals surface area contributed by atoms with Crippen LogP contribution in [0.4, 0.5) is 0 Å². The highest BCUT2D eigenvalue weighted by molar-refractivity contribution is 9.10. The van der Waals surface area contributed by atoms with E-state index in [9.17, 15) is 4.79 Å². The van der Waals surface area contributed by atoms with Crippen LogP contribution in [0.25, 0.3) is 0 Å². The number of hydrogen-bond acceptors (Lipinski definition) is 3. The second-order valence-electron chi connectivity index (χ2n) is 6.85. The quantitative estimate of drug-likeness (QED) is 0.556. The van der Waals surface area contributed by atoms with Gasteiger partial charge in [-0.05, 0) is 70.4 Å². The van der Waals surface area contributed by atoms with Crippen LogP contribution in [-0.4, -0.2) is 18.7 Å². The summed E-state index contributed by atoms with van der Waals surface area (Å²) in [6.45, 7) is 6.39. The third-order valence-corrected chi connectivity index (χ3v) is 5.86. The molecule has 24 heavy (non-hydrogen) atoms. The molecule has 1 saturated carbocycles. The summed E-state index contributed by atoms with van der Waals surface area (Å²) in [5.41, 5.74) is 1.17. The van der Waals surface area contributed by atoms with E-state index in [0.29, 0.717) is 18.6 Å². The van der Waals surface area contributed by atoms with Crippen molar-refractivity contribution >= 4 is 21.9 Å². The first-order chi connectivity index (χ1) is 11.5. The standard InChI is InChI=1S/C20H29BrO3/c1-4-23-20(22)14(2)8-9-16-10-12-17(13-11-16)24-19-7-5-6-18(21)15(19)3/h5-7,14,16-17H,4,8-13H2,1-3H3. The maximum Gasteiger partial charge on any atom is 0.308 e. The van der Waals surface area contributed by atoms with Gasteiger partial charge in [0.15, 0.2) is 0 Å². The van der Waals surface area contributed by atoms with Crippen molar-refractivity contribution in [1.82, 2.24) is 0 Å². The summed E-state index contributed by atoms with van der Waals surface area (Å²) in [6.07, 6.45) is 6.94. The lowest BCUT2D eigenvalue weighted by Crippen LogP contribution is -2.25. The first-order valence-corrected chi connectivity index (χ1v) is 9.89. The predicted octanol–water partition coefficient (Wildman–Crippen LogP) is 5.67. The smallest absolute Gasteiger partial charge is 0.308 e. The van der Waals surface area contributed by atoms with E-state index in [-0.39, 0.29) is 11.9 Å². The van der Waals surface area contributed by atoms with Crippen molar-refractivity contribution < 1.29 is 14.3 Å². The van der Waals surface area contributed by atoms with Crippen molar-refractivity contribution in [2.75, 3.05) is 6.61 Å². The molecule has 134 valence electrons. The van der Waals surface area contributed by atoms with E-state index >= 15 is 0 Å². The average Bonchev–Trinajstić information content (AvgIpc) is 2.58. The average molecular weight is 397 g/mol. The maximum atomic E-state index is 11.7. The number of halogens is 1. The van der Waals surface area contributed by atoms with Crippen LogP contribution >= 0.6 is 15.9 Å². The van der Waals surface area contributed by atoms with Crippen molar-refractivity contribution in [2.24, 2.45) is 11.8 Å². The van der Waals surface area contributed by atoms with Crippen molar-refractivity contribution in [3.63, 3.8) is 0 Å². The van der Waals surface area contributed by atoms with Gasteiger partial charge in [-0.3, -0.25) is 4.79 Å². The maximum absolute atomic E-state index is 11.7. The number of benzene rings is 1. The Bertz CT molecular complexity index is 536. The highest BCUT2D eigenvalue weighted by Gasteiger charge is 2.24. The van der Waals surface area contributed by atoms with Crippen LogP contribution in [0.5, 0.6) is 5.75 Å². The second kappa shape index (κ2) is 9.45. The van der Waals surface area contributed by atoms with Crippen LogP contribution in [0.15, 0.2) is 22.7 Å². The third kappa shape index (κ3) is 5.51. The summed E-state index contributed by atoms with van der Waals surface area (Å²) in [5.74, 6) is 1.66. The Labute approximate surface area is 154 Å². The number of carbonyl (C=O) groups excluding carboxylic acids is 1. The van der Waals surface area contributed by atoms with Gasteiger partial charge in [0.1, 0.15) is 5.75 Å². The molecule has 0 aliphatic heterocycles. The fourth-order valence-electron chi connectivity index (χ4n) is 3.32. The van der Waals surface area contributed by atoms with E-state index in [0.717, 1.165) is 35.9 Å². The van der Waals surface area contributed by atoms with Gasteiger partial charge in [-0.25, -0.2) is 0 Å². The minimum absolute atomic E-state index is 0.0169. The topological polar surface area (TPSA) is 35.5 Å². The molecule has 0 aromatic heterocycles. The van der Waals surface area contributed by atoms with Crippen molar-refractivity contribution in [3.05, 3.63) is 28.2 Å². The third-order valence-electron chi connectivity index (χ3n) is 5.00. The summed E-state index contributed by atoms with van der Waals surface area (Å²) in [5, 5.41) is 0. The molecule has 1 atom stereocenters. The number of carbonyl (C=O) groups is 1. The first-order valence-electron chi connectivity index (χ1n) is 9.09. The molecule has 0 N–H and O–H groups in total. The van der Waals surface area contributed by atoms with Gasteiger partial charge >= 0.3 is 5.97 Å². The van der Waals surface area contributed by atoms with E-state index in [2.05, 4.69) is 22.9 Å². The van der Waals surface area contributed by atoms with Gasteiger partial charge in [-0.15, -0.1) is 0 Å². The van der Waals surface area contributed by atoms with Crippen molar-refractivity contribution in [1.29, 1.82) is 0 Å². The highest BCUT2D eigenvalue weighted by atomic mass is 79.9. The van der Waals surface area contributed by atoms with Crippen molar-refractivity contribution in [3.8, 4) is 5.75 Å². The molecule has 4 heteroatoms. The summed E-state index contributed by atoms with van der Waals surface area (Å²) in [6, 6.07) is 6.12. The van der Waals surface area contributed by atoms with E-state index in [1.165, 1.54) is 18.4 Å². The van der Waals surface area contributed by atoms with E-state index in [4.69, 9.17) is 9.47 Å². The SMILES string of the molecule is CCOC(=O)C(C)CCC1CCC(Oc2cccc(Br)c2C)CC1. The highest BCUT2D eigenvalue weighted by Crippen LogP contribution is 2.33. The van der Waals surface area contributed by atoms with Gasteiger partial charge in [-0.1, -0.05) is 28.9 Å². The van der Waals surface area contributed by atoms with Crippen LogP contribution in [0, 0.1) is 18.8 Å². The van der Waals surface area contributed by atoms with Crippen LogP contribution in [-0.2, 0) is 9.53 Å². The summed E-state index contributed by atoms with van der Waals surface area (Å²) in [4.78, 5) is 11.7. The molecule has 3 nitrogen and oxygen atoms in total. The van der Waals surface area contributed by atoms with Gasteiger partial charge in [0.25, 0.3) is 0 Å². The Morgan fingerprint density at radius 2 is 2.00 bits per heavy atom. The number of esters is 1. The molecule has 1 aliphatic carbocycles. The molecule has 0 spiro atoms. The van der Waals surface area contributed by atoms with Crippen molar-refractivity contribution in [2.45, 2.75) is 65.4 Å². The summed E-state index contributed by atoms with van der Waals surface area (Å²) >= 11 is 3.56. The molecule has 0 saturated heterocycles. The van der Waals surface area contributed by atoms with Crippen LogP contribution in [0.1, 0.15) is 57.9 Å². The fraction of sp³-hybridized carbons (Fsp3) is 0.650. The lowest BCUT2D eigenvalue weighted by molar-refractivity contribution is -0.147. The summed E-state index contributed by atoms with van der Waals surface area (Å²) < 4.78 is 12.4. The molecule has 1 aliphatic rings. The molecule has 2 rings (SSSR count). The van der Waals surface area contributed by atoms with Gasteiger partial charge in [-0.2, -0.15) is 0 Å². The monoisotopic (exact) mass is 396 g/mol. The molecule has 1 unspecified atom stereocenters. The lowest BCUT2D eigenvalue weighted by Gasteiger charge is -2.30. The normalized spacial score (nSPS) is 22.0. The van der Waals surface area contributed by atoms with Gasteiger partial charge in [0.2, 0.25) is 0 Å². The number of rotatable bonds is 7. The number of hydrogen-bond donors (Lipinski definition) is 0. The molecule has 0 bridgehead atoms. The Hall–Kier alpha value is -1.03. The van der Waals surface area contributed by atoms with Gasteiger partial charge in [0, 0.05) is 10.0 Å². The molecule has 0 amide bonds. The molecule has 0 heterocycles. The van der Waals surface area contributed by atoms with Gasteiger partial charge < -0.3 is 9.47 Å². The second-order valence-corrected chi connectivity index (χ2v) is 7.71. The first kappa shape index (κ1) is 19.3. The van der Waals surface area contributed by atoms with E-state index < -0.39 is 0 Å². The largest absolute Gasteiger partial charge is 0.490 e. The Kier molecular flexibility index (Phi) is 7.60. The molecule has 1 aromatic carbocycles. The zero-order chi connectivity index (χ0) is 17.5. The number of ether oxygens (including phenoxy) is 2. The molecular weight excluding hydrogens is 368 g/mol. The van der Waals surface area contributed by atoms with Crippen LogP contribution < -0.4 is 4.74 Å². The Morgan fingerprint density at radius 1 is 1.29 bits per heavy atom. The van der Waals surface area contributed by atoms with E-state index in [1.807, 2.05) is 32.0 Å². The lowest BCUT2D eigenvalue weighted by atomic mass is 9.83. The molecule has 0 radical (unpaired) electrons. The molecular formula is C20H29BrO3. The zero-order valence-corrected chi connectivity index (χ0v) is 16.6. The Balaban J connectivity index is 1.73. The van der Waals surface area contributed by atoms with E-state index in [1.54, 1.807) is 0 Å². The minimum Gasteiger partial charge on any atom is -0.490 e. The molecule has 1 aromatic rings. The predicted molar refractivity (Wildman–Crippen MR) is 100 cm³/mol. The zero-order valence-electron chi connectivity index (χ0n) is 15.0. The van der Waals surface area contributed by atoms with Gasteiger partial charge in [0.05, 0.1) is 18.6 Å². The molecule has 1 fully saturated rings. The summed E-state index contributed by atoms with van der Waals surface area (Å²) in [7, 11) is 0. The Morgan fingerprint density at radius 3 is 2.67 bits per heavy atom. The minimum atomic E-state index is -0.0559.